The molecule has 0 radical (unpaired) electrons. The lowest BCUT2D eigenvalue weighted by molar-refractivity contribution is -0.120. The summed E-state index contributed by atoms with van der Waals surface area (Å²) in [6.45, 7) is 2.35. The summed E-state index contributed by atoms with van der Waals surface area (Å²) >= 11 is 0. The zero-order valence-electron chi connectivity index (χ0n) is 15.1. The molecule has 0 unspecified atom stereocenters. The Labute approximate surface area is 160 Å². The van der Waals surface area contributed by atoms with Gasteiger partial charge in [0.15, 0.2) is 0 Å². The first-order chi connectivity index (χ1) is 13.4. The van der Waals surface area contributed by atoms with Gasteiger partial charge in [0.2, 0.25) is 5.91 Å². The smallest absolute Gasteiger partial charge is 0.323 e. The van der Waals surface area contributed by atoms with Crippen LogP contribution >= 0.6 is 0 Å². The van der Waals surface area contributed by atoms with E-state index < -0.39 is 17.7 Å². The van der Waals surface area contributed by atoms with Gasteiger partial charge in [-0.1, -0.05) is 6.92 Å². The van der Waals surface area contributed by atoms with Gasteiger partial charge < -0.3 is 21.3 Å². The molecule has 9 heteroatoms. The Bertz CT molecular complexity index is 857. The molecule has 0 bridgehead atoms. The van der Waals surface area contributed by atoms with Crippen LogP contribution in [0.25, 0.3) is 0 Å². The van der Waals surface area contributed by atoms with Gasteiger partial charge in [-0.15, -0.1) is 0 Å². The average Bonchev–Trinajstić information content (AvgIpc) is 2.68. The molecule has 2 aromatic carbocycles. The predicted octanol–water partition coefficient (Wildman–Crippen LogP) is 2.86. The third-order valence-electron chi connectivity index (χ3n) is 3.64. The van der Waals surface area contributed by atoms with E-state index in [-0.39, 0.29) is 24.0 Å². The first-order valence-electron chi connectivity index (χ1n) is 8.57. The third kappa shape index (κ3) is 6.35. The summed E-state index contributed by atoms with van der Waals surface area (Å²) in [6, 6.07) is 7.95. The van der Waals surface area contributed by atoms with Crippen LogP contribution in [0.4, 0.5) is 25.0 Å². The van der Waals surface area contributed by atoms with Crippen molar-refractivity contribution in [1.29, 1.82) is 0 Å². The van der Waals surface area contributed by atoms with Gasteiger partial charge in [0.1, 0.15) is 11.6 Å². The molecular weight excluding hydrogens is 370 g/mol. The zero-order chi connectivity index (χ0) is 20.5. The quantitative estimate of drug-likeness (QED) is 0.547. The number of urea groups is 1. The number of carbonyl (C=O) groups excluding carboxylic acids is 3. The second-order valence-corrected chi connectivity index (χ2v) is 5.74. The Morgan fingerprint density at radius 1 is 0.893 bits per heavy atom. The molecule has 28 heavy (non-hydrogen) atoms. The molecule has 4 N–H and O–H groups in total. The number of benzene rings is 2. The van der Waals surface area contributed by atoms with Crippen molar-refractivity contribution >= 4 is 29.2 Å². The fraction of sp³-hybridized carbons (Fsp3) is 0.211. The van der Waals surface area contributed by atoms with Crippen molar-refractivity contribution in [2.75, 3.05) is 23.7 Å². The van der Waals surface area contributed by atoms with Gasteiger partial charge in [0, 0.05) is 36.8 Å². The molecule has 0 saturated heterocycles. The Balaban J connectivity index is 1.84. The fourth-order valence-corrected chi connectivity index (χ4v) is 2.19. The maximum Gasteiger partial charge on any atom is 0.323 e. The van der Waals surface area contributed by atoms with Crippen LogP contribution in [-0.2, 0) is 4.79 Å². The molecule has 0 atom stereocenters. The van der Waals surface area contributed by atoms with Crippen molar-refractivity contribution in [1.82, 2.24) is 10.6 Å². The monoisotopic (exact) mass is 390 g/mol. The number of nitrogens with one attached hydrogen (secondary N) is 4. The molecule has 0 heterocycles. The number of rotatable bonds is 7. The number of amides is 4. The van der Waals surface area contributed by atoms with Crippen molar-refractivity contribution in [3.8, 4) is 0 Å². The first-order valence-corrected chi connectivity index (χ1v) is 8.57. The molecule has 0 aliphatic rings. The molecule has 2 aromatic rings. The normalized spacial score (nSPS) is 10.1. The molecule has 0 saturated carbocycles. The highest BCUT2D eigenvalue weighted by Crippen LogP contribution is 2.16. The van der Waals surface area contributed by atoms with Crippen molar-refractivity contribution in [2.45, 2.75) is 13.3 Å². The highest BCUT2D eigenvalue weighted by atomic mass is 19.1. The Kier molecular flexibility index (Phi) is 7.44. The van der Waals surface area contributed by atoms with Crippen LogP contribution in [0.3, 0.4) is 0 Å². The largest absolute Gasteiger partial charge is 0.354 e. The van der Waals surface area contributed by atoms with E-state index in [1.807, 2.05) is 0 Å². The average molecular weight is 390 g/mol. The molecule has 0 aliphatic heterocycles. The highest BCUT2D eigenvalue weighted by Gasteiger charge is 2.09. The number of halogens is 2. The van der Waals surface area contributed by atoms with E-state index in [2.05, 4.69) is 21.3 Å². The van der Waals surface area contributed by atoms with Crippen molar-refractivity contribution in [2.24, 2.45) is 0 Å². The van der Waals surface area contributed by atoms with Crippen molar-refractivity contribution in [3.63, 3.8) is 0 Å². The molecule has 4 amide bonds. The molecule has 7 nitrogen and oxygen atoms in total. The third-order valence-corrected chi connectivity index (χ3v) is 3.64. The number of hydrogen-bond donors (Lipinski definition) is 4. The van der Waals surface area contributed by atoms with Gasteiger partial charge in [-0.25, -0.2) is 13.6 Å². The number of anilines is 2. The van der Waals surface area contributed by atoms with Crippen LogP contribution in [0.2, 0.25) is 0 Å². The van der Waals surface area contributed by atoms with E-state index in [0.717, 1.165) is 18.2 Å². The topological polar surface area (TPSA) is 99.3 Å². The Morgan fingerprint density at radius 2 is 1.57 bits per heavy atom. The van der Waals surface area contributed by atoms with Gasteiger partial charge >= 0.3 is 6.03 Å². The maximum absolute atomic E-state index is 13.5. The minimum absolute atomic E-state index is 0.0962. The molecule has 0 spiro atoms. The van der Waals surface area contributed by atoms with Crippen LogP contribution in [-0.4, -0.2) is 30.9 Å². The standard InChI is InChI=1S/C19H20F2N4O3/c1-2-17(26)22-9-10-23-18(27)12-3-6-14(7-4-12)24-19(28)25-16-11-13(20)5-8-15(16)21/h3-8,11H,2,9-10H2,1H3,(H,22,26)(H,23,27)(H2,24,25,28). The minimum Gasteiger partial charge on any atom is -0.354 e. The number of carbonyl (C=O) groups is 3. The van der Waals surface area contributed by atoms with Crippen molar-refractivity contribution in [3.05, 3.63) is 59.7 Å². The fourth-order valence-electron chi connectivity index (χ4n) is 2.19. The summed E-state index contributed by atoms with van der Waals surface area (Å²) in [7, 11) is 0. The van der Waals surface area contributed by atoms with Crippen LogP contribution in [0, 0.1) is 11.6 Å². The maximum atomic E-state index is 13.5. The predicted molar refractivity (Wildman–Crippen MR) is 101 cm³/mol. The molecule has 0 fully saturated rings. The molecule has 2 rings (SSSR count). The molecule has 0 aromatic heterocycles. The summed E-state index contributed by atoms with van der Waals surface area (Å²) in [5.41, 5.74) is 0.439. The van der Waals surface area contributed by atoms with Crippen LogP contribution in [0.15, 0.2) is 42.5 Å². The van der Waals surface area contributed by atoms with Crippen LogP contribution < -0.4 is 21.3 Å². The molecule has 0 aliphatic carbocycles. The summed E-state index contributed by atoms with van der Waals surface area (Å²) < 4.78 is 26.6. The van der Waals surface area contributed by atoms with Gasteiger partial charge in [-0.3, -0.25) is 9.59 Å². The summed E-state index contributed by atoms with van der Waals surface area (Å²) in [5.74, 6) is -1.87. The van der Waals surface area contributed by atoms with Gasteiger partial charge in [0.05, 0.1) is 5.69 Å². The van der Waals surface area contributed by atoms with Crippen molar-refractivity contribution < 1.29 is 23.2 Å². The SMILES string of the molecule is CCC(=O)NCCNC(=O)c1ccc(NC(=O)Nc2cc(F)ccc2F)cc1. The van der Waals surface area contributed by atoms with Gasteiger partial charge in [-0.05, 0) is 36.4 Å². The lowest BCUT2D eigenvalue weighted by Gasteiger charge is -2.10. The molecule has 148 valence electrons. The second-order valence-electron chi connectivity index (χ2n) is 5.74. The van der Waals surface area contributed by atoms with Crippen LogP contribution in [0.1, 0.15) is 23.7 Å². The van der Waals surface area contributed by atoms with E-state index in [4.69, 9.17) is 0 Å². The summed E-state index contributed by atoms with van der Waals surface area (Å²) in [5, 5.41) is 9.95. The Hall–Kier alpha value is -3.49. The van der Waals surface area contributed by atoms with Crippen LogP contribution in [0.5, 0.6) is 0 Å². The first kappa shape index (κ1) is 20.8. The lowest BCUT2D eigenvalue weighted by atomic mass is 10.2. The summed E-state index contributed by atoms with van der Waals surface area (Å²) in [4.78, 5) is 35.0. The van der Waals surface area contributed by atoms with E-state index in [1.54, 1.807) is 6.92 Å². The minimum atomic E-state index is -0.765. The van der Waals surface area contributed by atoms with E-state index in [9.17, 15) is 23.2 Å². The summed E-state index contributed by atoms with van der Waals surface area (Å²) in [6.07, 6.45) is 0.377. The van der Waals surface area contributed by atoms with E-state index in [1.165, 1.54) is 24.3 Å². The lowest BCUT2D eigenvalue weighted by Crippen LogP contribution is -2.34. The highest BCUT2D eigenvalue weighted by molar-refractivity contribution is 6.00. The van der Waals surface area contributed by atoms with E-state index in [0.29, 0.717) is 24.2 Å². The number of hydrogen-bond acceptors (Lipinski definition) is 3. The second kappa shape index (κ2) is 10.0. The van der Waals surface area contributed by atoms with E-state index >= 15 is 0 Å². The van der Waals surface area contributed by atoms with Gasteiger partial charge in [-0.2, -0.15) is 0 Å². The Morgan fingerprint density at radius 3 is 2.25 bits per heavy atom. The van der Waals surface area contributed by atoms with Gasteiger partial charge in [0.25, 0.3) is 5.91 Å². The zero-order valence-corrected chi connectivity index (χ0v) is 15.1. The molecular formula is C19H20F2N4O3.